The van der Waals surface area contributed by atoms with Crippen LogP contribution in [0.5, 0.6) is 5.75 Å². The first-order chi connectivity index (χ1) is 16.4. The van der Waals surface area contributed by atoms with Gasteiger partial charge in [-0.05, 0) is 80.6 Å². The quantitative estimate of drug-likeness (QED) is 0.419. The zero-order valence-electron chi connectivity index (χ0n) is 19.6. The summed E-state index contributed by atoms with van der Waals surface area (Å²) >= 11 is 1.44. The van der Waals surface area contributed by atoms with Gasteiger partial charge in [0.2, 0.25) is 5.89 Å². The summed E-state index contributed by atoms with van der Waals surface area (Å²) in [6, 6.07) is 13.6. The van der Waals surface area contributed by atoms with E-state index >= 15 is 0 Å². The number of anilines is 1. The number of carbonyl (C=O) groups excluding carboxylic acids is 1. The number of amides is 1. The molecule has 174 valence electrons. The van der Waals surface area contributed by atoms with Crippen molar-refractivity contribution in [2.45, 2.75) is 44.8 Å². The summed E-state index contributed by atoms with van der Waals surface area (Å²) in [5, 5.41) is 4.57. The van der Waals surface area contributed by atoms with Crippen LogP contribution in [0.15, 0.2) is 57.7 Å². The second kappa shape index (κ2) is 9.10. The van der Waals surface area contributed by atoms with Crippen LogP contribution >= 0.6 is 11.8 Å². The van der Waals surface area contributed by atoms with Gasteiger partial charge in [0.1, 0.15) is 11.4 Å². The summed E-state index contributed by atoms with van der Waals surface area (Å²) in [7, 11) is 1.63. The van der Waals surface area contributed by atoms with Crippen molar-refractivity contribution in [3.8, 4) is 5.75 Å². The number of rotatable bonds is 6. The van der Waals surface area contributed by atoms with E-state index in [2.05, 4.69) is 16.2 Å². The molecule has 1 amide bonds. The molecule has 0 radical (unpaired) electrons. The Hall–Kier alpha value is -3.39. The van der Waals surface area contributed by atoms with E-state index in [0.29, 0.717) is 22.7 Å². The Kier molecular flexibility index (Phi) is 6.00. The van der Waals surface area contributed by atoms with Crippen LogP contribution in [0.1, 0.15) is 59.3 Å². The third kappa shape index (κ3) is 4.63. The lowest BCUT2D eigenvalue weighted by Crippen LogP contribution is -2.30. The number of ether oxygens (including phenoxy) is 1. The van der Waals surface area contributed by atoms with Crippen molar-refractivity contribution in [2.75, 3.05) is 12.0 Å². The van der Waals surface area contributed by atoms with Crippen molar-refractivity contribution in [3.63, 3.8) is 0 Å². The number of aryl methyl sites for hydroxylation is 2. The van der Waals surface area contributed by atoms with Crippen LogP contribution in [-0.2, 0) is 4.79 Å². The van der Waals surface area contributed by atoms with Crippen LogP contribution < -0.4 is 9.64 Å². The second-order valence-electron chi connectivity index (χ2n) is 8.71. The number of aliphatic imine (C=N–C) groups is 1. The molecule has 2 aliphatic rings. The summed E-state index contributed by atoms with van der Waals surface area (Å²) in [6.45, 7) is 6.04. The van der Waals surface area contributed by atoms with E-state index in [0.717, 1.165) is 46.8 Å². The van der Waals surface area contributed by atoms with Gasteiger partial charge in [-0.3, -0.25) is 9.69 Å². The highest BCUT2D eigenvalue weighted by Gasteiger charge is 2.35. The molecule has 2 aromatic carbocycles. The molecule has 2 heterocycles. The predicted molar refractivity (Wildman–Crippen MR) is 134 cm³/mol. The van der Waals surface area contributed by atoms with Crippen LogP contribution in [0.25, 0.3) is 6.08 Å². The average Bonchev–Trinajstić information content (AvgIpc) is 3.46. The fourth-order valence-corrected chi connectivity index (χ4v) is 4.83. The number of carbonyl (C=O) groups is 1. The van der Waals surface area contributed by atoms with Gasteiger partial charge in [0.25, 0.3) is 5.91 Å². The number of methoxy groups -OCH3 is 1. The molecular weight excluding hydrogens is 448 g/mol. The normalized spacial score (nSPS) is 17.9. The molecule has 1 saturated carbocycles. The summed E-state index contributed by atoms with van der Waals surface area (Å²) in [5.74, 6) is 2.34. The molecule has 1 fully saturated rings. The summed E-state index contributed by atoms with van der Waals surface area (Å²) in [5.41, 5.74) is 4.21. The van der Waals surface area contributed by atoms with E-state index in [4.69, 9.17) is 14.3 Å². The number of benzene rings is 2. The Bertz CT molecular complexity index is 1270. The first kappa shape index (κ1) is 22.4. The lowest BCUT2D eigenvalue weighted by atomic mass is 10.1. The van der Waals surface area contributed by atoms with Crippen molar-refractivity contribution < 1.29 is 14.1 Å². The molecule has 0 saturated heterocycles. The molecule has 1 atom stereocenters. The molecule has 0 bridgehead atoms. The van der Waals surface area contributed by atoms with Crippen molar-refractivity contribution >= 4 is 34.6 Å². The highest BCUT2D eigenvalue weighted by molar-refractivity contribution is 8.14. The first-order valence-corrected chi connectivity index (χ1v) is 12.2. The molecule has 1 aromatic heterocycles. The van der Waals surface area contributed by atoms with Gasteiger partial charge in [0, 0.05) is 5.92 Å². The summed E-state index contributed by atoms with van der Waals surface area (Å²) in [6.07, 6.45) is 4.02. The van der Waals surface area contributed by atoms with E-state index in [-0.39, 0.29) is 11.2 Å². The van der Waals surface area contributed by atoms with Crippen LogP contribution in [0.2, 0.25) is 0 Å². The van der Waals surface area contributed by atoms with Gasteiger partial charge in [-0.1, -0.05) is 35.1 Å². The highest BCUT2D eigenvalue weighted by atomic mass is 32.2. The maximum atomic E-state index is 13.5. The lowest BCUT2D eigenvalue weighted by molar-refractivity contribution is -0.113. The third-order valence-corrected chi connectivity index (χ3v) is 6.78. The fraction of sp³-hybridized carbons (Fsp3) is 0.308. The van der Waals surface area contributed by atoms with Crippen LogP contribution in [0.4, 0.5) is 5.69 Å². The SMILES string of the molecule is COc1ccc(C=C2N=C(SC(C)c3nc(C4CC4)no3)N(c3cc(C)cc(C)c3)C2=O)cc1. The molecule has 5 rings (SSSR count). The molecule has 1 aliphatic heterocycles. The molecule has 1 unspecified atom stereocenters. The van der Waals surface area contributed by atoms with Crippen molar-refractivity contribution in [2.24, 2.45) is 4.99 Å². The number of hydrogen-bond donors (Lipinski definition) is 0. The van der Waals surface area contributed by atoms with Gasteiger partial charge in [0.05, 0.1) is 18.0 Å². The minimum atomic E-state index is -0.167. The maximum absolute atomic E-state index is 13.5. The summed E-state index contributed by atoms with van der Waals surface area (Å²) in [4.78, 5) is 24.5. The molecular formula is C26H26N4O3S. The van der Waals surface area contributed by atoms with E-state index < -0.39 is 0 Å². The minimum absolute atomic E-state index is 0.153. The van der Waals surface area contributed by atoms with Gasteiger partial charge in [0.15, 0.2) is 11.0 Å². The van der Waals surface area contributed by atoms with Crippen LogP contribution in [0.3, 0.4) is 0 Å². The molecule has 0 spiro atoms. The zero-order valence-corrected chi connectivity index (χ0v) is 20.4. The zero-order chi connectivity index (χ0) is 23.8. The standard InChI is InChI=1S/C26H26N4O3S/c1-15-11-16(2)13-20(12-15)30-25(31)22(14-18-5-9-21(32-4)10-6-18)27-26(30)34-17(3)24-28-23(29-33-24)19-7-8-19/h5-6,9-14,17,19H,7-8H2,1-4H3. The van der Waals surface area contributed by atoms with Gasteiger partial charge >= 0.3 is 0 Å². The van der Waals surface area contributed by atoms with Gasteiger partial charge in [-0.15, -0.1) is 0 Å². The highest BCUT2D eigenvalue weighted by Crippen LogP contribution is 2.40. The lowest BCUT2D eigenvalue weighted by Gasteiger charge is -2.20. The van der Waals surface area contributed by atoms with Gasteiger partial charge < -0.3 is 9.26 Å². The van der Waals surface area contributed by atoms with Crippen molar-refractivity contribution in [3.05, 3.63) is 76.6 Å². The Morgan fingerprint density at radius 1 is 1.15 bits per heavy atom. The largest absolute Gasteiger partial charge is 0.497 e. The maximum Gasteiger partial charge on any atom is 0.283 e. The minimum Gasteiger partial charge on any atom is -0.497 e. The second-order valence-corrected chi connectivity index (χ2v) is 10.0. The van der Waals surface area contributed by atoms with Gasteiger partial charge in [-0.25, -0.2) is 4.99 Å². The predicted octanol–water partition coefficient (Wildman–Crippen LogP) is 5.81. The molecule has 8 heteroatoms. The Balaban J connectivity index is 1.48. The first-order valence-electron chi connectivity index (χ1n) is 11.3. The van der Waals surface area contributed by atoms with E-state index in [9.17, 15) is 4.79 Å². The number of amidine groups is 1. The van der Waals surface area contributed by atoms with E-state index in [1.54, 1.807) is 18.1 Å². The van der Waals surface area contributed by atoms with Crippen LogP contribution in [0, 0.1) is 13.8 Å². The smallest absolute Gasteiger partial charge is 0.283 e. The van der Waals surface area contributed by atoms with E-state index in [1.165, 1.54) is 11.8 Å². The summed E-state index contributed by atoms with van der Waals surface area (Å²) < 4.78 is 10.8. The van der Waals surface area contributed by atoms with Crippen LogP contribution in [-0.4, -0.2) is 28.3 Å². The monoisotopic (exact) mass is 474 g/mol. The number of hydrogen-bond acceptors (Lipinski definition) is 7. The Morgan fingerprint density at radius 2 is 1.85 bits per heavy atom. The number of nitrogens with zero attached hydrogens (tertiary/aromatic N) is 4. The average molecular weight is 475 g/mol. The van der Waals surface area contributed by atoms with E-state index in [1.807, 2.05) is 57.2 Å². The molecule has 3 aromatic rings. The van der Waals surface area contributed by atoms with Gasteiger partial charge in [-0.2, -0.15) is 4.98 Å². The molecule has 0 N–H and O–H groups in total. The number of aromatic nitrogens is 2. The number of thioether (sulfide) groups is 1. The Morgan fingerprint density at radius 3 is 2.50 bits per heavy atom. The fourth-order valence-electron chi connectivity index (χ4n) is 3.87. The molecule has 7 nitrogen and oxygen atoms in total. The topological polar surface area (TPSA) is 80.8 Å². The third-order valence-electron chi connectivity index (χ3n) is 5.74. The Labute approximate surface area is 202 Å². The molecule has 1 aliphatic carbocycles. The van der Waals surface area contributed by atoms with Crippen molar-refractivity contribution in [1.82, 2.24) is 10.1 Å². The molecule has 34 heavy (non-hydrogen) atoms. The van der Waals surface area contributed by atoms with Crippen molar-refractivity contribution in [1.29, 1.82) is 0 Å².